The molecule has 0 aliphatic heterocycles. The van der Waals surface area contributed by atoms with Crippen molar-refractivity contribution in [1.82, 2.24) is 5.32 Å². The monoisotopic (exact) mass is 416 g/mol. The Bertz CT molecular complexity index is 949. The van der Waals surface area contributed by atoms with E-state index in [1.807, 2.05) is 6.07 Å². The van der Waals surface area contributed by atoms with Gasteiger partial charge in [0.25, 0.3) is 5.91 Å². The van der Waals surface area contributed by atoms with E-state index in [1.54, 1.807) is 36.4 Å². The third kappa shape index (κ3) is 5.78. The van der Waals surface area contributed by atoms with Crippen LogP contribution < -0.4 is 14.8 Å². The van der Waals surface area contributed by atoms with Crippen molar-refractivity contribution in [2.24, 2.45) is 0 Å². The first-order valence-corrected chi connectivity index (χ1v) is 8.99. The van der Waals surface area contributed by atoms with Gasteiger partial charge in [0.15, 0.2) is 11.5 Å². The second kappa shape index (κ2) is 10.4. The maximum absolute atomic E-state index is 11.9. The van der Waals surface area contributed by atoms with E-state index in [0.29, 0.717) is 27.1 Å². The van der Waals surface area contributed by atoms with Crippen LogP contribution in [0.3, 0.4) is 0 Å². The summed E-state index contributed by atoms with van der Waals surface area (Å²) in [5, 5.41) is 12.8. The lowest BCUT2D eigenvalue weighted by atomic mass is 10.1. The highest BCUT2D eigenvalue weighted by atomic mass is 35.5. The molecule has 0 fully saturated rings. The molecular weight excluding hydrogens is 399 g/mol. The summed E-state index contributed by atoms with van der Waals surface area (Å²) in [5.74, 6) is 0.488. The molecule has 144 valence electrons. The summed E-state index contributed by atoms with van der Waals surface area (Å²) >= 11 is 12.1. The number of benzene rings is 2. The Morgan fingerprint density at radius 1 is 1.25 bits per heavy atom. The molecule has 0 saturated heterocycles. The van der Waals surface area contributed by atoms with Gasteiger partial charge in [-0.3, -0.25) is 4.79 Å². The minimum atomic E-state index is -0.473. The first-order chi connectivity index (χ1) is 13.5. The molecule has 0 saturated carbocycles. The highest BCUT2D eigenvalue weighted by Crippen LogP contribution is 2.31. The van der Waals surface area contributed by atoms with Gasteiger partial charge in [-0.1, -0.05) is 41.4 Å². The third-order valence-corrected chi connectivity index (χ3v) is 4.26. The molecule has 7 heteroatoms. The molecule has 2 rings (SSSR count). The molecule has 0 spiro atoms. The fourth-order valence-corrected chi connectivity index (χ4v) is 2.73. The number of rotatable bonds is 8. The Balaban J connectivity index is 2.19. The minimum absolute atomic E-state index is 0.0227. The van der Waals surface area contributed by atoms with Gasteiger partial charge in [0, 0.05) is 22.2 Å². The van der Waals surface area contributed by atoms with Crippen LogP contribution in [0.1, 0.15) is 11.1 Å². The molecule has 0 heterocycles. The van der Waals surface area contributed by atoms with E-state index in [2.05, 4.69) is 11.9 Å². The summed E-state index contributed by atoms with van der Waals surface area (Å²) in [6.07, 6.45) is 3.01. The van der Waals surface area contributed by atoms with Gasteiger partial charge in [-0.2, -0.15) is 5.26 Å². The standard InChI is InChI=1S/C21H18Cl2N2O3/c1-3-8-25-21(26)16(12-24)9-14-4-7-19(20(10-14)27-2)28-13-15-5-6-17(22)11-18(15)23/h3-7,9-11H,1,8,13H2,2H3,(H,25,26). The van der Waals surface area contributed by atoms with E-state index in [4.69, 9.17) is 32.7 Å². The van der Waals surface area contributed by atoms with E-state index in [0.717, 1.165) is 5.56 Å². The van der Waals surface area contributed by atoms with Crippen molar-refractivity contribution in [3.8, 4) is 17.6 Å². The van der Waals surface area contributed by atoms with Crippen molar-refractivity contribution in [3.63, 3.8) is 0 Å². The van der Waals surface area contributed by atoms with E-state index < -0.39 is 5.91 Å². The average Bonchev–Trinajstić information content (AvgIpc) is 2.69. The van der Waals surface area contributed by atoms with Gasteiger partial charge < -0.3 is 14.8 Å². The lowest BCUT2D eigenvalue weighted by molar-refractivity contribution is -0.116. The van der Waals surface area contributed by atoms with Crippen LogP contribution in [0.5, 0.6) is 11.5 Å². The molecule has 1 N–H and O–H groups in total. The Labute approximate surface area is 173 Å². The largest absolute Gasteiger partial charge is 0.493 e. The van der Waals surface area contributed by atoms with Gasteiger partial charge >= 0.3 is 0 Å². The molecule has 0 aromatic heterocycles. The molecule has 0 atom stereocenters. The summed E-state index contributed by atoms with van der Waals surface area (Å²) in [6.45, 7) is 4.03. The molecule has 0 radical (unpaired) electrons. The number of nitriles is 1. The van der Waals surface area contributed by atoms with Gasteiger partial charge in [0.05, 0.1) is 7.11 Å². The molecular formula is C21H18Cl2N2O3. The average molecular weight is 417 g/mol. The summed E-state index contributed by atoms with van der Waals surface area (Å²) < 4.78 is 11.2. The number of hydrogen-bond donors (Lipinski definition) is 1. The Kier molecular flexibility index (Phi) is 7.94. The summed E-state index contributed by atoms with van der Waals surface area (Å²) in [5.41, 5.74) is 1.38. The highest BCUT2D eigenvalue weighted by Gasteiger charge is 2.11. The zero-order valence-electron chi connectivity index (χ0n) is 15.2. The van der Waals surface area contributed by atoms with Crippen molar-refractivity contribution in [1.29, 1.82) is 5.26 Å². The number of amides is 1. The van der Waals surface area contributed by atoms with Crippen LogP contribution in [0.25, 0.3) is 6.08 Å². The zero-order valence-corrected chi connectivity index (χ0v) is 16.7. The van der Waals surface area contributed by atoms with Crippen LogP contribution >= 0.6 is 23.2 Å². The van der Waals surface area contributed by atoms with Crippen molar-refractivity contribution in [2.45, 2.75) is 6.61 Å². The number of halogens is 2. The first kappa shape index (κ1) is 21.4. The molecule has 2 aromatic carbocycles. The topological polar surface area (TPSA) is 71.4 Å². The Morgan fingerprint density at radius 3 is 2.68 bits per heavy atom. The van der Waals surface area contributed by atoms with Gasteiger partial charge in [0.2, 0.25) is 0 Å². The molecule has 0 bridgehead atoms. The van der Waals surface area contributed by atoms with Gasteiger partial charge in [-0.05, 0) is 35.9 Å². The quantitative estimate of drug-likeness (QED) is 0.381. The number of methoxy groups -OCH3 is 1. The summed E-state index contributed by atoms with van der Waals surface area (Å²) in [4.78, 5) is 11.9. The molecule has 1 amide bonds. The van der Waals surface area contributed by atoms with Crippen molar-refractivity contribution in [3.05, 3.63) is 75.8 Å². The molecule has 0 aliphatic rings. The van der Waals surface area contributed by atoms with Crippen LogP contribution in [0.4, 0.5) is 0 Å². The van der Waals surface area contributed by atoms with Crippen molar-refractivity contribution < 1.29 is 14.3 Å². The smallest absolute Gasteiger partial charge is 0.262 e. The van der Waals surface area contributed by atoms with E-state index in [9.17, 15) is 10.1 Å². The van der Waals surface area contributed by atoms with E-state index in [1.165, 1.54) is 19.3 Å². The van der Waals surface area contributed by atoms with Gasteiger partial charge in [-0.25, -0.2) is 0 Å². The minimum Gasteiger partial charge on any atom is -0.493 e. The van der Waals surface area contributed by atoms with Gasteiger partial charge in [0.1, 0.15) is 18.2 Å². The van der Waals surface area contributed by atoms with E-state index >= 15 is 0 Å². The SMILES string of the molecule is C=CCNC(=O)C(C#N)=Cc1ccc(OCc2ccc(Cl)cc2Cl)c(OC)c1. The maximum Gasteiger partial charge on any atom is 0.262 e. The molecule has 28 heavy (non-hydrogen) atoms. The second-order valence-electron chi connectivity index (χ2n) is 5.60. The fourth-order valence-electron chi connectivity index (χ4n) is 2.26. The second-order valence-corrected chi connectivity index (χ2v) is 6.45. The molecule has 5 nitrogen and oxygen atoms in total. The summed E-state index contributed by atoms with van der Waals surface area (Å²) in [6, 6.07) is 12.2. The number of nitrogens with one attached hydrogen (secondary N) is 1. The molecule has 0 aliphatic carbocycles. The lowest BCUT2D eigenvalue weighted by Crippen LogP contribution is -2.24. The predicted octanol–water partition coefficient (Wildman–Crippen LogP) is 4.79. The first-order valence-electron chi connectivity index (χ1n) is 8.24. The van der Waals surface area contributed by atoms with Crippen LogP contribution in [-0.4, -0.2) is 19.6 Å². The van der Waals surface area contributed by atoms with E-state index in [-0.39, 0.29) is 18.7 Å². The van der Waals surface area contributed by atoms with Crippen LogP contribution in [0.2, 0.25) is 10.0 Å². The molecule has 2 aromatic rings. The maximum atomic E-state index is 11.9. The number of carbonyl (C=O) groups is 1. The number of hydrogen-bond acceptors (Lipinski definition) is 4. The predicted molar refractivity (Wildman–Crippen MR) is 111 cm³/mol. The van der Waals surface area contributed by atoms with Crippen LogP contribution in [0, 0.1) is 11.3 Å². The fraction of sp³-hybridized carbons (Fsp3) is 0.143. The number of carbonyl (C=O) groups excluding carboxylic acids is 1. The number of nitrogens with zero attached hydrogens (tertiary/aromatic N) is 1. The normalized spacial score (nSPS) is 10.7. The van der Waals surface area contributed by atoms with Crippen molar-refractivity contribution >= 4 is 35.2 Å². The van der Waals surface area contributed by atoms with Crippen LogP contribution in [0.15, 0.2) is 54.6 Å². The Hall–Kier alpha value is -2.94. The molecule has 0 unspecified atom stereocenters. The summed E-state index contributed by atoms with van der Waals surface area (Å²) in [7, 11) is 1.51. The van der Waals surface area contributed by atoms with Gasteiger partial charge in [-0.15, -0.1) is 6.58 Å². The zero-order chi connectivity index (χ0) is 20.5. The lowest BCUT2D eigenvalue weighted by Gasteiger charge is -2.12. The van der Waals surface area contributed by atoms with Crippen molar-refractivity contribution in [2.75, 3.05) is 13.7 Å². The third-order valence-electron chi connectivity index (χ3n) is 3.67. The highest BCUT2D eigenvalue weighted by molar-refractivity contribution is 6.35. The Morgan fingerprint density at radius 2 is 2.04 bits per heavy atom. The van der Waals surface area contributed by atoms with Crippen LogP contribution in [-0.2, 0) is 11.4 Å². The number of ether oxygens (including phenoxy) is 2.